The van der Waals surface area contributed by atoms with Gasteiger partial charge in [0.1, 0.15) is 0 Å². The van der Waals surface area contributed by atoms with E-state index in [1.807, 2.05) is 7.05 Å². The molecule has 4 heteroatoms. The van der Waals surface area contributed by atoms with Gasteiger partial charge in [-0.3, -0.25) is 0 Å². The van der Waals surface area contributed by atoms with Gasteiger partial charge >= 0.3 is 5.97 Å². The second-order valence-corrected chi connectivity index (χ2v) is 3.06. The molecule has 1 N–H and O–H groups in total. The maximum atomic E-state index is 10.9. The van der Waals surface area contributed by atoms with Crippen molar-refractivity contribution in [2.24, 2.45) is 0 Å². The van der Waals surface area contributed by atoms with Gasteiger partial charge in [-0.2, -0.15) is 0 Å². The Morgan fingerprint density at radius 3 is 2.46 bits per heavy atom. The van der Waals surface area contributed by atoms with Gasteiger partial charge in [-0.15, -0.1) is 0 Å². The maximum Gasteiger partial charge on any atom is 0.337 e. The number of carbonyl (C=O) groups excluding carboxylic acids is 1. The molecule has 0 bridgehead atoms. The summed E-state index contributed by atoms with van der Waals surface area (Å²) in [6.45, 7) is 8.69. The largest absolute Gasteiger partial charge is 1.00 e. The first kappa shape index (κ1) is 15.0. The van der Waals surface area contributed by atoms with Crippen molar-refractivity contribution in [2.75, 3.05) is 20.3 Å². The van der Waals surface area contributed by atoms with Crippen molar-refractivity contribution in [1.82, 2.24) is 0 Å². The second kappa shape index (κ2) is 8.08. The van der Waals surface area contributed by atoms with Crippen LogP contribution in [0.15, 0.2) is 12.2 Å². The van der Waals surface area contributed by atoms with E-state index >= 15 is 0 Å². The second-order valence-electron chi connectivity index (χ2n) is 3.06. The minimum absolute atomic E-state index is 0. The van der Waals surface area contributed by atoms with E-state index in [9.17, 15) is 4.79 Å². The Kier molecular flexibility index (Phi) is 9.29. The lowest BCUT2D eigenvalue weighted by atomic mass is 10.4. The highest BCUT2D eigenvalue weighted by molar-refractivity contribution is 5.86. The monoisotopic (exact) mass is 207 g/mol. The zero-order chi connectivity index (χ0) is 9.56. The van der Waals surface area contributed by atoms with Crippen LogP contribution in [0.25, 0.3) is 0 Å². The van der Waals surface area contributed by atoms with E-state index < -0.39 is 0 Å². The van der Waals surface area contributed by atoms with Gasteiger partial charge in [-0.1, -0.05) is 13.5 Å². The van der Waals surface area contributed by atoms with Crippen LogP contribution in [0.4, 0.5) is 0 Å². The average Bonchev–Trinajstić information content (AvgIpc) is 2.00. The van der Waals surface area contributed by atoms with E-state index in [-0.39, 0.29) is 18.4 Å². The van der Waals surface area contributed by atoms with E-state index in [0.717, 1.165) is 13.0 Å². The van der Waals surface area contributed by atoms with Crippen LogP contribution in [-0.4, -0.2) is 26.3 Å². The Hall–Kier alpha value is -0.540. The highest BCUT2D eigenvalue weighted by Crippen LogP contribution is 1.88. The fourth-order valence-corrected chi connectivity index (χ4v) is 0.811. The van der Waals surface area contributed by atoms with E-state index in [2.05, 4.69) is 13.5 Å². The van der Waals surface area contributed by atoms with Gasteiger partial charge in [0, 0.05) is 5.57 Å². The summed E-state index contributed by atoms with van der Waals surface area (Å²) in [4.78, 5) is 12.1. The highest BCUT2D eigenvalue weighted by Gasteiger charge is 2.06. The SMILES string of the molecule is C=C(C)C(=O)OC[NH+](C)CCC.[Cl-]. The predicted octanol–water partition coefficient (Wildman–Crippen LogP) is -3.01. The zero-order valence-electron chi connectivity index (χ0n) is 8.52. The molecule has 1 atom stereocenters. The summed E-state index contributed by atoms with van der Waals surface area (Å²) in [6, 6.07) is 0. The Balaban J connectivity index is 0. The van der Waals surface area contributed by atoms with Crippen LogP contribution in [0, 0.1) is 0 Å². The quantitative estimate of drug-likeness (QED) is 0.296. The molecule has 0 aliphatic heterocycles. The summed E-state index contributed by atoms with van der Waals surface area (Å²) >= 11 is 0. The number of nitrogens with one attached hydrogen (secondary N) is 1. The molecule has 0 fully saturated rings. The molecule has 78 valence electrons. The molecule has 0 amide bonds. The number of hydrogen-bond acceptors (Lipinski definition) is 2. The topological polar surface area (TPSA) is 30.7 Å². The summed E-state index contributed by atoms with van der Waals surface area (Å²) in [5.74, 6) is -0.301. The lowest BCUT2D eigenvalue weighted by molar-refractivity contribution is -0.897. The van der Waals surface area contributed by atoms with Crippen LogP contribution >= 0.6 is 0 Å². The summed E-state index contributed by atoms with van der Waals surface area (Å²) in [6.07, 6.45) is 1.09. The lowest BCUT2D eigenvalue weighted by Crippen LogP contribution is -3.09. The first-order valence-corrected chi connectivity index (χ1v) is 4.21. The van der Waals surface area contributed by atoms with Crippen LogP contribution in [0.5, 0.6) is 0 Å². The number of ether oxygens (including phenoxy) is 1. The molecule has 0 aromatic carbocycles. The summed E-state index contributed by atoms with van der Waals surface area (Å²) in [7, 11) is 2.00. The van der Waals surface area contributed by atoms with E-state index in [0.29, 0.717) is 12.3 Å². The maximum absolute atomic E-state index is 10.9. The third-order valence-corrected chi connectivity index (χ3v) is 1.47. The van der Waals surface area contributed by atoms with Crippen LogP contribution in [0.1, 0.15) is 20.3 Å². The zero-order valence-corrected chi connectivity index (χ0v) is 9.28. The fraction of sp³-hybridized carbons (Fsp3) is 0.667. The molecule has 0 saturated heterocycles. The van der Waals surface area contributed by atoms with Crippen molar-refractivity contribution in [3.63, 3.8) is 0 Å². The Morgan fingerprint density at radius 1 is 1.54 bits per heavy atom. The third kappa shape index (κ3) is 7.81. The molecule has 0 saturated carbocycles. The van der Waals surface area contributed by atoms with E-state index in [1.165, 1.54) is 4.90 Å². The van der Waals surface area contributed by atoms with Gasteiger partial charge < -0.3 is 22.0 Å². The van der Waals surface area contributed by atoms with Gasteiger partial charge in [0.25, 0.3) is 0 Å². The van der Waals surface area contributed by atoms with Crippen molar-refractivity contribution in [2.45, 2.75) is 20.3 Å². The molecule has 0 aromatic heterocycles. The van der Waals surface area contributed by atoms with Gasteiger partial charge in [0.15, 0.2) is 0 Å². The van der Waals surface area contributed by atoms with Crippen LogP contribution in [0.3, 0.4) is 0 Å². The van der Waals surface area contributed by atoms with Crippen LogP contribution in [0.2, 0.25) is 0 Å². The molecular formula is C9H18ClNO2. The molecule has 3 nitrogen and oxygen atoms in total. The molecule has 13 heavy (non-hydrogen) atoms. The molecule has 0 radical (unpaired) electrons. The molecule has 0 spiro atoms. The number of quaternary nitrogens is 1. The molecule has 0 heterocycles. The highest BCUT2D eigenvalue weighted by atomic mass is 35.5. The van der Waals surface area contributed by atoms with E-state index in [1.54, 1.807) is 6.92 Å². The van der Waals surface area contributed by atoms with Gasteiger partial charge in [0.05, 0.1) is 13.6 Å². The minimum Gasteiger partial charge on any atom is -1.00 e. The van der Waals surface area contributed by atoms with E-state index in [4.69, 9.17) is 4.74 Å². The molecular weight excluding hydrogens is 190 g/mol. The molecule has 0 aromatic rings. The van der Waals surface area contributed by atoms with Crippen molar-refractivity contribution in [3.05, 3.63) is 12.2 Å². The normalized spacial score (nSPS) is 11.3. The van der Waals surface area contributed by atoms with Crippen LogP contribution < -0.4 is 17.3 Å². The van der Waals surface area contributed by atoms with Gasteiger partial charge in [-0.05, 0) is 13.3 Å². The van der Waals surface area contributed by atoms with Crippen molar-refractivity contribution >= 4 is 5.97 Å². The Morgan fingerprint density at radius 2 is 2.08 bits per heavy atom. The number of hydrogen-bond donors (Lipinski definition) is 1. The Bertz CT molecular complexity index is 171. The number of esters is 1. The lowest BCUT2D eigenvalue weighted by Gasteiger charge is -2.12. The standard InChI is InChI=1S/C9H17NO2.ClH/c1-5-6-10(4)7-12-9(11)8(2)3;/h2,5-7H2,1,3-4H3;1H. The van der Waals surface area contributed by atoms with Crippen molar-refractivity contribution in [3.8, 4) is 0 Å². The Labute approximate surface area is 86.2 Å². The van der Waals surface area contributed by atoms with Crippen LogP contribution in [-0.2, 0) is 9.53 Å². The number of carbonyl (C=O) groups is 1. The fourth-order valence-electron chi connectivity index (χ4n) is 0.811. The predicted molar refractivity (Wildman–Crippen MR) is 47.8 cm³/mol. The van der Waals surface area contributed by atoms with Gasteiger partial charge in [0.2, 0.25) is 6.73 Å². The molecule has 0 aliphatic rings. The van der Waals surface area contributed by atoms with Crippen molar-refractivity contribution < 1.29 is 26.8 Å². The molecule has 1 unspecified atom stereocenters. The summed E-state index contributed by atoms with van der Waals surface area (Å²) < 4.78 is 4.94. The molecule has 0 aliphatic carbocycles. The number of rotatable bonds is 5. The first-order valence-electron chi connectivity index (χ1n) is 4.21. The smallest absolute Gasteiger partial charge is 0.337 e. The summed E-state index contributed by atoms with van der Waals surface area (Å²) in [5, 5.41) is 0. The first-order chi connectivity index (χ1) is 5.57. The van der Waals surface area contributed by atoms with Crippen molar-refractivity contribution in [1.29, 1.82) is 0 Å². The minimum atomic E-state index is -0.301. The average molecular weight is 208 g/mol. The third-order valence-electron chi connectivity index (χ3n) is 1.47. The summed E-state index contributed by atoms with van der Waals surface area (Å²) in [5.41, 5.74) is 0.458. The molecule has 0 rings (SSSR count). The van der Waals surface area contributed by atoms with Gasteiger partial charge in [-0.25, -0.2) is 4.79 Å². The number of halogens is 1.